The van der Waals surface area contributed by atoms with Crippen LogP contribution in [0.2, 0.25) is 0 Å². The van der Waals surface area contributed by atoms with Crippen LogP contribution >= 0.6 is 0 Å². The van der Waals surface area contributed by atoms with E-state index in [-0.39, 0.29) is 5.56 Å². The molecule has 2 fully saturated rings. The van der Waals surface area contributed by atoms with Crippen LogP contribution in [-0.4, -0.2) is 42.2 Å². The van der Waals surface area contributed by atoms with Crippen LogP contribution in [0, 0.1) is 11.8 Å². The van der Waals surface area contributed by atoms with Crippen molar-refractivity contribution in [2.75, 3.05) is 26.2 Å². The number of carboxylic acids is 1. The first-order chi connectivity index (χ1) is 13.2. The molecular formula is C23H27NO3. The van der Waals surface area contributed by atoms with Gasteiger partial charge >= 0.3 is 5.97 Å². The molecule has 2 atom stereocenters. The molecule has 1 aliphatic heterocycles. The molecule has 2 aromatic rings. The third kappa shape index (κ3) is 4.69. The second-order valence-electron chi connectivity index (χ2n) is 7.89. The van der Waals surface area contributed by atoms with Gasteiger partial charge in [-0.3, -0.25) is 4.90 Å². The van der Waals surface area contributed by atoms with Gasteiger partial charge in [-0.1, -0.05) is 30.3 Å². The van der Waals surface area contributed by atoms with E-state index in [1.54, 1.807) is 24.3 Å². The summed E-state index contributed by atoms with van der Waals surface area (Å²) in [6.07, 6.45) is 4.08. The first-order valence-corrected chi connectivity index (χ1v) is 9.92. The van der Waals surface area contributed by atoms with Gasteiger partial charge in [0.25, 0.3) is 0 Å². The summed E-state index contributed by atoms with van der Waals surface area (Å²) in [7, 11) is 0. The number of carboxylic acid groups (broad SMARTS) is 1. The van der Waals surface area contributed by atoms with Gasteiger partial charge in [0.05, 0.1) is 5.56 Å². The molecule has 0 radical (unpaired) electrons. The van der Waals surface area contributed by atoms with Crippen LogP contribution in [0.15, 0.2) is 54.6 Å². The minimum Gasteiger partial charge on any atom is -0.492 e. The molecule has 1 saturated heterocycles. The van der Waals surface area contributed by atoms with E-state index in [4.69, 9.17) is 9.84 Å². The van der Waals surface area contributed by atoms with Crippen molar-refractivity contribution >= 4 is 5.97 Å². The predicted molar refractivity (Wildman–Crippen MR) is 105 cm³/mol. The Labute approximate surface area is 160 Å². The Kier molecular flexibility index (Phi) is 5.44. The number of nitrogens with zero attached hydrogens (tertiary/aromatic N) is 1. The molecular weight excluding hydrogens is 338 g/mol. The van der Waals surface area contributed by atoms with E-state index < -0.39 is 5.97 Å². The fraction of sp³-hybridized carbons (Fsp3) is 0.435. The number of ether oxygens (including phenoxy) is 1. The smallest absolute Gasteiger partial charge is 0.335 e. The molecule has 2 aliphatic rings. The Bertz CT molecular complexity index is 753. The maximum absolute atomic E-state index is 10.8. The minimum absolute atomic E-state index is 0.290. The normalized spacial score (nSPS) is 22.2. The monoisotopic (exact) mass is 365 g/mol. The zero-order valence-electron chi connectivity index (χ0n) is 15.6. The zero-order valence-corrected chi connectivity index (χ0v) is 15.6. The van der Waals surface area contributed by atoms with Crippen molar-refractivity contribution in [1.29, 1.82) is 0 Å². The maximum atomic E-state index is 10.8. The second-order valence-corrected chi connectivity index (χ2v) is 7.89. The largest absolute Gasteiger partial charge is 0.492 e. The first kappa shape index (κ1) is 18.1. The van der Waals surface area contributed by atoms with E-state index in [0.29, 0.717) is 6.61 Å². The average molecular weight is 365 g/mol. The molecule has 27 heavy (non-hydrogen) atoms. The molecule has 0 spiro atoms. The van der Waals surface area contributed by atoms with Crippen LogP contribution in [0.1, 0.15) is 41.1 Å². The van der Waals surface area contributed by atoms with Crippen LogP contribution in [0.25, 0.3) is 0 Å². The Morgan fingerprint density at radius 3 is 2.48 bits per heavy atom. The van der Waals surface area contributed by atoms with Crippen LogP contribution in [0.4, 0.5) is 0 Å². The molecule has 142 valence electrons. The fourth-order valence-electron chi connectivity index (χ4n) is 4.15. The number of carbonyl (C=O) groups is 1. The van der Waals surface area contributed by atoms with Crippen molar-refractivity contribution < 1.29 is 14.6 Å². The Balaban J connectivity index is 1.08. The first-order valence-electron chi connectivity index (χ1n) is 9.92. The van der Waals surface area contributed by atoms with Crippen LogP contribution < -0.4 is 4.74 Å². The quantitative estimate of drug-likeness (QED) is 0.721. The summed E-state index contributed by atoms with van der Waals surface area (Å²) in [5.74, 6) is 2.38. The molecule has 4 heteroatoms. The number of likely N-dealkylation sites (tertiary alicyclic amines) is 1. The van der Waals surface area contributed by atoms with Gasteiger partial charge in [0.2, 0.25) is 0 Å². The molecule has 1 heterocycles. The van der Waals surface area contributed by atoms with E-state index in [0.717, 1.165) is 30.0 Å². The Morgan fingerprint density at radius 2 is 1.78 bits per heavy atom. The van der Waals surface area contributed by atoms with Crippen molar-refractivity contribution in [3.8, 4) is 5.75 Å². The van der Waals surface area contributed by atoms with E-state index in [2.05, 4.69) is 35.2 Å². The van der Waals surface area contributed by atoms with Crippen LogP contribution in [0.3, 0.4) is 0 Å². The van der Waals surface area contributed by atoms with Crippen molar-refractivity contribution in [3.63, 3.8) is 0 Å². The highest BCUT2D eigenvalue weighted by molar-refractivity contribution is 5.87. The summed E-state index contributed by atoms with van der Waals surface area (Å²) in [5.41, 5.74) is 1.81. The second kappa shape index (κ2) is 8.13. The highest BCUT2D eigenvalue weighted by atomic mass is 16.5. The van der Waals surface area contributed by atoms with Crippen molar-refractivity contribution in [2.24, 2.45) is 11.8 Å². The van der Waals surface area contributed by atoms with Gasteiger partial charge in [-0.2, -0.15) is 0 Å². The topological polar surface area (TPSA) is 49.8 Å². The lowest BCUT2D eigenvalue weighted by atomic mass is 9.93. The molecule has 0 aromatic heterocycles. The average Bonchev–Trinajstić information content (AvgIpc) is 3.43. The highest BCUT2D eigenvalue weighted by Gasteiger charge is 2.38. The van der Waals surface area contributed by atoms with E-state index in [9.17, 15) is 4.79 Å². The number of hydrogen-bond donors (Lipinski definition) is 1. The van der Waals surface area contributed by atoms with Gasteiger partial charge in [0.15, 0.2) is 0 Å². The predicted octanol–water partition coefficient (Wildman–Crippen LogP) is 4.28. The van der Waals surface area contributed by atoms with Gasteiger partial charge in [0, 0.05) is 19.6 Å². The third-order valence-corrected chi connectivity index (χ3v) is 5.91. The molecule has 0 bridgehead atoms. The van der Waals surface area contributed by atoms with Crippen LogP contribution in [0.5, 0.6) is 5.75 Å². The molecule has 4 rings (SSSR count). The minimum atomic E-state index is -0.908. The van der Waals surface area contributed by atoms with Crippen molar-refractivity contribution in [3.05, 3.63) is 65.7 Å². The number of hydrogen-bond acceptors (Lipinski definition) is 3. The van der Waals surface area contributed by atoms with Crippen LogP contribution in [-0.2, 0) is 0 Å². The van der Waals surface area contributed by atoms with Crippen molar-refractivity contribution in [2.45, 2.75) is 25.2 Å². The molecule has 1 N–H and O–H groups in total. The molecule has 4 nitrogen and oxygen atoms in total. The number of rotatable bonds is 9. The summed E-state index contributed by atoms with van der Waals surface area (Å²) in [6.45, 7) is 3.96. The van der Waals surface area contributed by atoms with Gasteiger partial charge in [-0.05, 0) is 66.8 Å². The standard InChI is InChI=1S/C23H27NO3/c25-23(26)19-8-10-21(11-9-19)27-13-12-24-15-17(16-24)6-7-20-14-22(20)18-4-2-1-3-5-18/h1-5,8-11,17,20,22H,6-7,12-16H2,(H,25,26)/t20-,22+/m1/s1. The Morgan fingerprint density at radius 1 is 1.04 bits per heavy atom. The molecule has 2 aromatic carbocycles. The third-order valence-electron chi connectivity index (χ3n) is 5.91. The summed E-state index contributed by atoms with van der Waals surface area (Å²) in [4.78, 5) is 13.3. The molecule has 1 aliphatic carbocycles. The lowest BCUT2D eigenvalue weighted by molar-refractivity contribution is 0.0696. The number of benzene rings is 2. The van der Waals surface area contributed by atoms with Gasteiger partial charge in [-0.15, -0.1) is 0 Å². The summed E-state index contributed by atoms with van der Waals surface area (Å²) < 4.78 is 5.72. The van der Waals surface area contributed by atoms with Gasteiger partial charge in [-0.25, -0.2) is 4.79 Å². The SMILES string of the molecule is O=C(O)c1ccc(OCCN2CC(CC[C@@H]3C[C@H]3c3ccccc3)C2)cc1. The lowest BCUT2D eigenvalue weighted by Gasteiger charge is -2.39. The molecule has 0 unspecified atom stereocenters. The van der Waals surface area contributed by atoms with Crippen molar-refractivity contribution in [1.82, 2.24) is 4.90 Å². The number of aromatic carboxylic acids is 1. The fourth-order valence-corrected chi connectivity index (χ4v) is 4.15. The highest BCUT2D eigenvalue weighted by Crippen LogP contribution is 2.50. The van der Waals surface area contributed by atoms with Gasteiger partial charge < -0.3 is 9.84 Å². The van der Waals surface area contributed by atoms with E-state index in [1.165, 1.54) is 37.9 Å². The summed E-state index contributed by atoms with van der Waals surface area (Å²) >= 11 is 0. The van der Waals surface area contributed by atoms with Gasteiger partial charge in [0.1, 0.15) is 12.4 Å². The Hall–Kier alpha value is -2.33. The van der Waals surface area contributed by atoms with E-state index >= 15 is 0 Å². The summed E-state index contributed by atoms with van der Waals surface area (Å²) in [5, 5.41) is 8.90. The lowest BCUT2D eigenvalue weighted by Crippen LogP contribution is -2.48. The maximum Gasteiger partial charge on any atom is 0.335 e. The zero-order chi connectivity index (χ0) is 18.6. The molecule has 1 saturated carbocycles. The molecule has 0 amide bonds. The summed E-state index contributed by atoms with van der Waals surface area (Å²) in [6, 6.07) is 17.5. The van der Waals surface area contributed by atoms with E-state index in [1.807, 2.05) is 0 Å².